The number of thiazole rings is 1. The Morgan fingerprint density at radius 2 is 2.25 bits per heavy atom. The second-order valence-corrected chi connectivity index (χ2v) is 6.95. The van der Waals surface area contributed by atoms with Crippen molar-refractivity contribution in [3.05, 3.63) is 16.6 Å². The molecule has 0 aromatic carbocycles. The van der Waals surface area contributed by atoms with Crippen molar-refractivity contribution in [3.63, 3.8) is 0 Å². The van der Waals surface area contributed by atoms with Crippen molar-refractivity contribution >= 4 is 11.3 Å². The van der Waals surface area contributed by atoms with Gasteiger partial charge in [0.2, 0.25) is 0 Å². The van der Waals surface area contributed by atoms with Gasteiger partial charge in [-0.15, -0.1) is 11.3 Å². The van der Waals surface area contributed by atoms with E-state index in [1.54, 1.807) is 11.3 Å². The molecule has 1 heterocycles. The standard InChI is InChI=1S/C13H21NOS/c1-10-8-12(2,3)4-5-13(10,15)9-11-14-6-7-16-11/h6-7,10,15H,4-5,8-9H2,1-3H3. The van der Waals surface area contributed by atoms with Crippen LogP contribution >= 0.6 is 11.3 Å². The van der Waals surface area contributed by atoms with Crippen LogP contribution in [0.5, 0.6) is 0 Å². The van der Waals surface area contributed by atoms with Gasteiger partial charge in [-0.3, -0.25) is 0 Å². The Hall–Kier alpha value is -0.410. The SMILES string of the molecule is CC1CC(C)(C)CCC1(O)Cc1nccs1. The number of nitrogens with zero attached hydrogens (tertiary/aromatic N) is 1. The third-order valence-electron chi connectivity index (χ3n) is 3.95. The largest absolute Gasteiger partial charge is 0.389 e. The second kappa shape index (κ2) is 4.11. The summed E-state index contributed by atoms with van der Waals surface area (Å²) < 4.78 is 0. The Labute approximate surface area is 102 Å². The van der Waals surface area contributed by atoms with Crippen molar-refractivity contribution in [1.29, 1.82) is 0 Å². The highest BCUT2D eigenvalue weighted by Gasteiger charge is 2.42. The lowest BCUT2D eigenvalue weighted by molar-refractivity contribution is -0.0704. The lowest BCUT2D eigenvalue weighted by Crippen LogP contribution is -2.45. The number of hydrogen-bond donors (Lipinski definition) is 1. The maximum Gasteiger partial charge on any atom is 0.0953 e. The minimum atomic E-state index is -0.534. The van der Waals surface area contributed by atoms with E-state index in [-0.39, 0.29) is 0 Å². The van der Waals surface area contributed by atoms with Gasteiger partial charge in [0.1, 0.15) is 0 Å². The smallest absolute Gasteiger partial charge is 0.0953 e. The fraction of sp³-hybridized carbons (Fsp3) is 0.769. The number of hydrogen-bond acceptors (Lipinski definition) is 3. The first-order valence-corrected chi connectivity index (χ1v) is 6.90. The highest BCUT2D eigenvalue weighted by atomic mass is 32.1. The molecule has 2 atom stereocenters. The Bertz CT molecular complexity index is 347. The highest BCUT2D eigenvalue weighted by Crippen LogP contribution is 2.45. The van der Waals surface area contributed by atoms with Crippen LogP contribution in [0.2, 0.25) is 0 Å². The van der Waals surface area contributed by atoms with E-state index in [9.17, 15) is 5.11 Å². The average molecular weight is 239 g/mol. The fourth-order valence-corrected chi connectivity index (χ4v) is 3.52. The lowest BCUT2D eigenvalue weighted by Gasteiger charge is -2.45. The predicted molar refractivity (Wildman–Crippen MR) is 67.6 cm³/mol. The molecule has 0 aliphatic heterocycles. The number of rotatable bonds is 2. The third kappa shape index (κ3) is 2.46. The van der Waals surface area contributed by atoms with Crippen LogP contribution in [-0.2, 0) is 6.42 Å². The van der Waals surface area contributed by atoms with Gasteiger partial charge in [-0.2, -0.15) is 0 Å². The molecule has 0 spiro atoms. The summed E-state index contributed by atoms with van der Waals surface area (Å²) in [6.07, 6.45) is 5.66. The van der Waals surface area contributed by atoms with E-state index in [0.29, 0.717) is 11.3 Å². The van der Waals surface area contributed by atoms with E-state index in [4.69, 9.17) is 0 Å². The predicted octanol–water partition coefficient (Wildman–Crippen LogP) is 3.26. The Balaban J connectivity index is 2.08. The monoisotopic (exact) mass is 239 g/mol. The molecule has 16 heavy (non-hydrogen) atoms. The van der Waals surface area contributed by atoms with Gasteiger partial charge in [-0.1, -0.05) is 20.8 Å². The van der Waals surface area contributed by atoms with E-state index in [1.807, 2.05) is 11.6 Å². The summed E-state index contributed by atoms with van der Waals surface area (Å²) in [5.41, 5.74) is -0.151. The molecule has 2 unspecified atom stereocenters. The third-order valence-corrected chi connectivity index (χ3v) is 4.73. The van der Waals surface area contributed by atoms with Gasteiger partial charge in [-0.05, 0) is 30.6 Å². The van der Waals surface area contributed by atoms with Crippen molar-refractivity contribution in [2.24, 2.45) is 11.3 Å². The highest BCUT2D eigenvalue weighted by molar-refractivity contribution is 7.09. The Morgan fingerprint density at radius 3 is 2.81 bits per heavy atom. The Kier molecular flexibility index (Phi) is 3.10. The zero-order chi connectivity index (χ0) is 11.8. The summed E-state index contributed by atoms with van der Waals surface area (Å²) >= 11 is 1.65. The fourth-order valence-electron chi connectivity index (χ4n) is 2.79. The van der Waals surface area contributed by atoms with Gasteiger partial charge in [0.05, 0.1) is 10.6 Å². The van der Waals surface area contributed by atoms with E-state index in [1.165, 1.54) is 0 Å². The van der Waals surface area contributed by atoms with Crippen molar-refractivity contribution < 1.29 is 5.11 Å². The summed E-state index contributed by atoms with van der Waals surface area (Å²) in [6, 6.07) is 0. The average Bonchev–Trinajstić information content (AvgIpc) is 2.65. The molecule has 1 aliphatic carbocycles. The van der Waals surface area contributed by atoms with Gasteiger partial charge in [-0.25, -0.2) is 4.98 Å². The molecule has 1 fully saturated rings. The molecule has 2 rings (SSSR count). The normalized spacial score (nSPS) is 33.9. The van der Waals surface area contributed by atoms with Crippen LogP contribution in [0.4, 0.5) is 0 Å². The van der Waals surface area contributed by atoms with Crippen LogP contribution in [0, 0.1) is 11.3 Å². The summed E-state index contributed by atoms with van der Waals surface area (Å²) in [4.78, 5) is 4.28. The molecule has 1 N–H and O–H groups in total. The molecule has 2 nitrogen and oxygen atoms in total. The first-order valence-electron chi connectivity index (χ1n) is 6.02. The molecule has 0 saturated heterocycles. The molecule has 1 aromatic rings. The number of aromatic nitrogens is 1. The lowest BCUT2D eigenvalue weighted by atomic mass is 9.64. The van der Waals surface area contributed by atoms with Gasteiger partial charge >= 0.3 is 0 Å². The summed E-state index contributed by atoms with van der Waals surface area (Å²) in [5.74, 6) is 0.361. The molecule has 0 amide bonds. The van der Waals surface area contributed by atoms with E-state index >= 15 is 0 Å². The zero-order valence-corrected chi connectivity index (χ0v) is 11.2. The topological polar surface area (TPSA) is 33.1 Å². The first kappa shape index (κ1) is 12.1. The van der Waals surface area contributed by atoms with Crippen molar-refractivity contribution in [3.8, 4) is 0 Å². The maximum atomic E-state index is 10.7. The van der Waals surface area contributed by atoms with Crippen molar-refractivity contribution in [2.45, 2.75) is 52.1 Å². The molecule has 1 aliphatic rings. The van der Waals surface area contributed by atoms with Crippen LogP contribution in [-0.4, -0.2) is 15.7 Å². The van der Waals surface area contributed by atoms with Crippen molar-refractivity contribution in [2.75, 3.05) is 0 Å². The van der Waals surface area contributed by atoms with E-state index in [0.717, 1.165) is 30.7 Å². The quantitative estimate of drug-likeness (QED) is 0.859. The molecule has 1 saturated carbocycles. The van der Waals surface area contributed by atoms with E-state index in [2.05, 4.69) is 25.8 Å². The van der Waals surface area contributed by atoms with Crippen molar-refractivity contribution in [1.82, 2.24) is 4.98 Å². The van der Waals surface area contributed by atoms with Crippen LogP contribution in [0.1, 0.15) is 45.0 Å². The summed E-state index contributed by atoms with van der Waals surface area (Å²) in [7, 11) is 0. The molecular weight excluding hydrogens is 218 g/mol. The van der Waals surface area contributed by atoms with Crippen LogP contribution in [0.15, 0.2) is 11.6 Å². The Morgan fingerprint density at radius 1 is 1.50 bits per heavy atom. The first-order chi connectivity index (χ1) is 7.41. The van der Waals surface area contributed by atoms with Gasteiger partial charge < -0.3 is 5.11 Å². The zero-order valence-electron chi connectivity index (χ0n) is 10.4. The molecule has 90 valence electrons. The molecule has 0 bridgehead atoms. The van der Waals surface area contributed by atoms with Crippen LogP contribution in [0.25, 0.3) is 0 Å². The van der Waals surface area contributed by atoms with Gasteiger partial charge in [0.15, 0.2) is 0 Å². The van der Waals surface area contributed by atoms with Crippen LogP contribution in [0.3, 0.4) is 0 Å². The second-order valence-electron chi connectivity index (χ2n) is 5.98. The van der Waals surface area contributed by atoms with Gasteiger partial charge in [0, 0.05) is 18.0 Å². The summed E-state index contributed by atoms with van der Waals surface area (Å²) in [6.45, 7) is 6.77. The summed E-state index contributed by atoms with van der Waals surface area (Å²) in [5, 5.41) is 13.8. The van der Waals surface area contributed by atoms with E-state index < -0.39 is 5.60 Å². The van der Waals surface area contributed by atoms with Crippen LogP contribution < -0.4 is 0 Å². The minimum Gasteiger partial charge on any atom is -0.389 e. The maximum absolute atomic E-state index is 10.7. The molecule has 3 heteroatoms. The molecule has 1 aromatic heterocycles. The van der Waals surface area contributed by atoms with Gasteiger partial charge in [0.25, 0.3) is 0 Å². The molecular formula is C13H21NOS. The minimum absolute atomic E-state index is 0.361. The molecule has 0 radical (unpaired) electrons. The number of aliphatic hydroxyl groups is 1.